The van der Waals surface area contributed by atoms with Crippen LogP contribution < -0.4 is 0 Å². The summed E-state index contributed by atoms with van der Waals surface area (Å²) in [6.45, 7) is 4.62. The van der Waals surface area contributed by atoms with E-state index in [2.05, 4.69) is 0 Å². The van der Waals surface area contributed by atoms with E-state index < -0.39 is 11.7 Å². The van der Waals surface area contributed by atoms with Crippen LogP contribution in [-0.2, 0) is 14.3 Å². The number of hydrogen-bond donors (Lipinski definition) is 0. The molecule has 1 aliphatic heterocycles. The van der Waals surface area contributed by atoms with Crippen molar-refractivity contribution in [3.05, 3.63) is 41.7 Å². The molecule has 0 spiro atoms. The third-order valence-electron chi connectivity index (χ3n) is 3.14. The van der Waals surface area contributed by atoms with Crippen LogP contribution in [-0.4, -0.2) is 25.3 Å². The van der Waals surface area contributed by atoms with E-state index in [1.54, 1.807) is 32.1 Å². The molecule has 1 aromatic rings. The van der Waals surface area contributed by atoms with Crippen LogP contribution in [0, 0.1) is 11.2 Å². The lowest BCUT2D eigenvalue weighted by atomic mass is 9.86. The molecule has 1 saturated heterocycles. The SMILES string of the molecule is CC(C)(C(=O)/C=C/c1ccc(F)cc1)C1OCCO1. The van der Waals surface area contributed by atoms with Gasteiger partial charge in [-0.2, -0.15) is 0 Å². The lowest BCUT2D eigenvalue weighted by Crippen LogP contribution is -2.37. The quantitative estimate of drug-likeness (QED) is 0.784. The molecule has 0 atom stereocenters. The van der Waals surface area contributed by atoms with Crippen molar-refractivity contribution in [1.82, 2.24) is 0 Å². The number of rotatable bonds is 4. The number of halogens is 1. The van der Waals surface area contributed by atoms with Gasteiger partial charge in [0.15, 0.2) is 12.1 Å². The van der Waals surface area contributed by atoms with E-state index in [9.17, 15) is 9.18 Å². The van der Waals surface area contributed by atoms with Crippen molar-refractivity contribution in [2.75, 3.05) is 13.2 Å². The van der Waals surface area contributed by atoms with Crippen LogP contribution in [0.25, 0.3) is 6.08 Å². The molecule has 1 aliphatic rings. The molecule has 102 valence electrons. The third-order valence-corrected chi connectivity index (χ3v) is 3.14. The average molecular weight is 264 g/mol. The van der Waals surface area contributed by atoms with Gasteiger partial charge in [0.1, 0.15) is 5.82 Å². The lowest BCUT2D eigenvalue weighted by molar-refractivity contribution is -0.150. The Morgan fingerprint density at radius 2 is 1.84 bits per heavy atom. The maximum Gasteiger partial charge on any atom is 0.170 e. The van der Waals surface area contributed by atoms with Crippen molar-refractivity contribution < 1.29 is 18.7 Å². The van der Waals surface area contributed by atoms with E-state index in [0.717, 1.165) is 5.56 Å². The molecule has 0 aromatic heterocycles. The Morgan fingerprint density at radius 3 is 2.42 bits per heavy atom. The number of carbonyl (C=O) groups is 1. The molecule has 19 heavy (non-hydrogen) atoms. The van der Waals surface area contributed by atoms with Gasteiger partial charge in [0.05, 0.1) is 18.6 Å². The van der Waals surface area contributed by atoms with Crippen molar-refractivity contribution in [2.24, 2.45) is 5.41 Å². The zero-order valence-corrected chi connectivity index (χ0v) is 11.1. The maximum absolute atomic E-state index is 12.8. The van der Waals surface area contributed by atoms with Crippen LogP contribution in [0.4, 0.5) is 4.39 Å². The monoisotopic (exact) mass is 264 g/mol. The molecule has 1 fully saturated rings. The predicted molar refractivity (Wildman–Crippen MR) is 69.9 cm³/mol. The van der Waals surface area contributed by atoms with E-state index in [0.29, 0.717) is 13.2 Å². The minimum Gasteiger partial charge on any atom is -0.349 e. The van der Waals surface area contributed by atoms with Crippen molar-refractivity contribution in [3.8, 4) is 0 Å². The van der Waals surface area contributed by atoms with Gasteiger partial charge in [-0.3, -0.25) is 4.79 Å². The summed E-state index contributed by atoms with van der Waals surface area (Å²) in [5.74, 6) is -0.375. The first-order valence-corrected chi connectivity index (χ1v) is 6.21. The zero-order chi connectivity index (χ0) is 13.9. The largest absolute Gasteiger partial charge is 0.349 e. The van der Waals surface area contributed by atoms with Crippen LogP contribution in [0.15, 0.2) is 30.3 Å². The Balaban J connectivity index is 2.05. The molecule has 0 saturated carbocycles. The molecule has 1 heterocycles. The van der Waals surface area contributed by atoms with Gasteiger partial charge in [-0.25, -0.2) is 4.39 Å². The second-order valence-corrected chi connectivity index (χ2v) is 5.04. The number of carbonyl (C=O) groups excluding carboxylic acids is 1. The van der Waals surface area contributed by atoms with E-state index in [4.69, 9.17) is 9.47 Å². The van der Waals surface area contributed by atoms with E-state index in [1.807, 2.05) is 0 Å². The molecule has 0 unspecified atom stereocenters. The third kappa shape index (κ3) is 3.28. The van der Waals surface area contributed by atoms with Gasteiger partial charge in [0.2, 0.25) is 0 Å². The van der Waals surface area contributed by atoms with Crippen molar-refractivity contribution in [1.29, 1.82) is 0 Å². The summed E-state index contributed by atoms with van der Waals surface area (Å²) in [4.78, 5) is 12.2. The van der Waals surface area contributed by atoms with E-state index in [1.165, 1.54) is 18.2 Å². The first-order chi connectivity index (χ1) is 9.00. The summed E-state index contributed by atoms with van der Waals surface area (Å²) in [5.41, 5.74) is 0.0475. The predicted octanol–water partition coefficient (Wildman–Crippen LogP) is 2.81. The van der Waals surface area contributed by atoms with Gasteiger partial charge in [-0.05, 0) is 37.6 Å². The fourth-order valence-corrected chi connectivity index (χ4v) is 1.85. The fourth-order valence-electron chi connectivity index (χ4n) is 1.85. The van der Waals surface area contributed by atoms with Gasteiger partial charge in [0.25, 0.3) is 0 Å². The Labute approximate surface area is 112 Å². The van der Waals surface area contributed by atoms with Crippen LogP contribution >= 0.6 is 0 Å². The maximum atomic E-state index is 12.8. The van der Waals surface area contributed by atoms with Crippen molar-refractivity contribution >= 4 is 11.9 Å². The normalized spacial score (nSPS) is 17.2. The molecule has 0 N–H and O–H groups in total. The molecule has 3 nitrogen and oxygen atoms in total. The summed E-state index contributed by atoms with van der Waals surface area (Å²) >= 11 is 0. The first kappa shape index (κ1) is 13.9. The van der Waals surface area contributed by atoms with Gasteiger partial charge in [0, 0.05) is 0 Å². The lowest BCUT2D eigenvalue weighted by Gasteiger charge is -2.26. The molecule has 1 aromatic carbocycles. The summed E-state index contributed by atoms with van der Waals surface area (Å²) in [7, 11) is 0. The summed E-state index contributed by atoms with van der Waals surface area (Å²) in [6.07, 6.45) is 2.65. The average Bonchev–Trinajstić information content (AvgIpc) is 2.92. The molecule has 0 bridgehead atoms. The standard InChI is InChI=1S/C15H17FO3/c1-15(2,14-18-9-10-19-14)13(17)8-5-11-3-6-12(16)7-4-11/h3-8,14H,9-10H2,1-2H3/b8-5+. The Bertz CT molecular complexity index is 471. The Hall–Kier alpha value is -1.52. The summed E-state index contributed by atoms with van der Waals surface area (Å²) < 4.78 is 23.5. The fraction of sp³-hybridized carbons (Fsp3) is 0.400. The molecule has 0 aliphatic carbocycles. The molecule has 2 rings (SSSR count). The number of ether oxygens (including phenoxy) is 2. The number of hydrogen-bond acceptors (Lipinski definition) is 3. The van der Waals surface area contributed by atoms with Gasteiger partial charge in [-0.1, -0.05) is 18.2 Å². The highest BCUT2D eigenvalue weighted by Crippen LogP contribution is 2.29. The molecule has 0 radical (unpaired) electrons. The number of ketones is 1. The highest BCUT2D eigenvalue weighted by molar-refractivity contribution is 5.97. The smallest absolute Gasteiger partial charge is 0.170 e. The van der Waals surface area contributed by atoms with Gasteiger partial charge in [-0.15, -0.1) is 0 Å². The Kier molecular flexibility index (Phi) is 4.12. The van der Waals surface area contributed by atoms with Crippen molar-refractivity contribution in [2.45, 2.75) is 20.1 Å². The summed E-state index contributed by atoms with van der Waals surface area (Å²) in [6, 6.07) is 5.96. The molecular weight excluding hydrogens is 247 g/mol. The van der Waals surface area contributed by atoms with Gasteiger partial charge >= 0.3 is 0 Å². The first-order valence-electron chi connectivity index (χ1n) is 6.21. The molecule has 4 heteroatoms. The van der Waals surface area contributed by atoms with Crippen molar-refractivity contribution in [3.63, 3.8) is 0 Å². The second-order valence-electron chi connectivity index (χ2n) is 5.04. The number of benzene rings is 1. The zero-order valence-electron chi connectivity index (χ0n) is 11.1. The Morgan fingerprint density at radius 1 is 1.26 bits per heavy atom. The van der Waals surface area contributed by atoms with Gasteiger partial charge < -0.3 is 9.47 Å². The van der Waals surface area contributed by atoms with E-state index in [-0.39, 0.29) is 11.6 Å². The van der Waals surface area contributed by atoms with Crippen LogP contribution in [0.5, 0.6) is 0 Å². The molecular formula is C15H17FO3. The van der Waals surface area contributed by atoms with Crippen LogP contribution in [0.3, 0.4) is 0 Å². The topological polar surface area (TPSA) is 35.5 Å². The highest BCUT2D eigenvalue weighted by Gasteiger charge is 2.39. The van der Waals surface area contributed by atoms with Crippen LogP contribution in [0.1, 0.15) is 19.4 Å². The minimum absolute atomic E-state index is 0.0799. The summed E-state index contributed by atoms with van der Waals surface area (Å²) in [5, 5.41) is 0. The minimum atomic E-state index is -0.729. The van der Waals surface area contributed by atoms with E-state index >= 15 is 0 Å². The second kappa shape index (κ2) is 5.63. The molecule has 0 amide bonds. The van der Waals surface area contributed by atoms with Crippen LogP contribution in [0.2, 0.25) is 0 Å². The highest BCUT2D eigenvalue weighted by atomic mass is 19.1. The number of allylic oxidation sites excluding steroid dienone is 1.